The maximum absolute atomic E-state index is 5.29. The predicted octanol–water partition coefficient (Wildman–Crippen LogP) is 2.86. The summed E-state index contributed by atoms with van der Waals surface area (Å²) in [5.74, 6) is 0. The van der Waals surface area contributed by atoms with E-state index in [1.165, 1.54) is 0 Å². The van der Waals surface area contributed by atoms with Gasteiger partial charge >= 0.3 is 0 Å². The third-order valence-electron chi connectivity index (χ3n) is 2.21. The van der Waals surface area contributed by atoms with E-state index in [4.69, 9.17) is 18.9 Å². The molecule has 1 rings (SSSR count). The van der Waals surface area contributed by atoms with Crippen molar-refractivity contribution in [3.8, 4) is 0 Å². The van der Waals surface area contributed by atoms with Crippen molar-refractivity contribution < 1.29 is 18.9 Å². The van der Waals surface area contributed by atoms with E-state index in [-0.39, 0.29) is 13.1 Å². The van der Waals surface area contributed by atoms with Crippen molar-refractivity contribution >= 4 is 15.9 Å². The minimum absolute atomic E-state index is 0.281. The molecule has 0 spiro atoms. The Balaban J connectivity index is 2.78. The lowest BCUT2D eigenvalue weighted by molar-refractivity contribution is -0.106. The summed E-state index contributed by atoms with van der Waals surface area (Å²) in [6, 6.07) is 5.91. The number of benzene rings is 1. The molecule has 1 aromatic carbocycles. The Morgan fingerprint density at radius 2 is 1.88 bits per heavy atom. The van der Waals surface area contributed by atoms with E-state index in [1.54, 1.807) is 21.3 Å². The molecule has 0 aliphatic rings. The quantitative estimate of drug-likeness (QED) is 0.573. The zero-order valence-electron chi connectivity index (χ0n) is 10.2. The summed E-state index contributed by atoms with van der Waals surface area (Å²) >= 11 is 3.47. The van der Waals surface area contributed by atoms with Gasteiger partial charge in [-0.15, -0.1) is 0 Å². The molecular formula is C12H17BrO4. The molecule has 0 unspecified atom stereocenters. The molecule has 0 N–H and O–H groups in total. The zero-order chi connectivity index (χ0) is 12.7. The molecule has 0 bridgehead atoms. The number of methoxy groups -OCH3 is 3. The van der Waals surface area contributed by atoms with E-state index in [1.807, 2.05) is 18.2 Å². The van der Waals surface area contributed by atoms with Crippen LogP contribution in [-0.2, 0) is 25.6 Å². The summed E-state index contributed by atoms with van der Waals surface area (Å²) in [7, 11) is 4.81. The molecule has 5 heteroatoms. The van der Waals surface area contributed by atoms with E-state index in [0.717, 1.165) is 15.6 Å². The highest BCUT2D eigenvalue weighted by molar-refractivity contribution is 9.10. The first-order valence-electron chi connectivity index (χ1n) is 5.13. The van der Waals surface area contributed by atoms with Crippen LogP contribution in [0.15, 0.2) is 22.7 Å². The van der Waals surface area contributed by atoms with Crippen molar-refractivity contribution in [3.63, 3.8) is 0 Å². The summed E-state index contributed by atoms with van der Waals surface area (Å²) in [6.45, 7) is 0.775. The molecule has 0 aliphatic heterocycles. The molecule has 0 atom stereocenters. The van der Waals surface area contributed by atoms with Gasteiger partial charge in [-0.25, -0.2) is 0 Å². The van der Waals surface area contributed by atoms with Crippen molar-refractivity contribution in [2.45, 2.75) is 12.9 Å². The molecule has 4 nitrogen and oxygen atoms in total. The van der Waals surface area contributed by atoms with Crippen LogP contribution in [0.1, 0.15) is 17.4 Å². The first-order valence-corrected chi connectivity index (χ1v) is 5.92. The lowest BCUT2D eigenvalue weighted by atomic mass is 10.1. The number of hydrogen-bond donors (Lipinski definition) is 0. The van der Waals surface area contributed by atoms with Crippen LogP contribution in [-0.4, -0.2) is 28.1 Å². The largest absolute Gasteiger partial charge is 0.359 e. The molecule has 96 valence electrons. The number of rotatable bonds is 7. The molecule has 17 heavy (non-hydrogen) atoms. The van der Waals surface area contributed by atoms with Crippen LogP contribution in [0.25, 0.3) is 0 Å². The highest BCUT2D eigenvalue weighted by atomic mass is 79.9. The highest BCUT2D eigenvalue weighted by Gasteiger charge is 2.13. The van der Waals surface area contributed by atoms with Crippen LogP contribution in [0, 0.1) is 0 Å². The van der Waals surface area contributed by atoms with Crippen LogP contribution in [0.3, 0.4) is 0 Å². The van der Waals surface area contributed by atoms with Gasteiger partial charge in [0.1, 0.15) is 6.79 Å². The van der Waals surface area contributed by atoms with Gasteiger partial charge in [-0.2, -0.15) is 0 Å². The Morgan fingerprint density at radius 3 is 2.47 bits per heavy atom. The maximum atomic E-state index is 5.29. The van der Waals surface area contributed by atoms with Gasteiger partial charge in [0.2, 0.25) is 0 Å². The van der Waals surface area contributed by atoms with Crippen LogP contribution in [0.4, 0.5) is 0 Å². The first-order chi connectivity index (χ1) is 8.22. The fourth-order valence-electron chi connectivity index (χ4n) is 1.46. The van der Waals surface area contributed by atoms with Gasteiger partial charge < -0.3 is 18.9 Å². The van der Waals surface area contributed by atoms with Gasteiger partial charge in [0, 0.05) is 31.4 Å². The van der Waals surface area contributed by atoms with Crippen LogP contribution in [0.5, 0.6) is 0 Å². The number of hydrogen-bond acceptors (Lipinski definition) is 4. The van der Waals surface area contributed by atoms with Gasteiger partial charge in [0.25, 0.3) is 0 Å². The normalized spacial score (nSPS) is 11.1. The van der Waals surface area contributed by atoms with Crippen molar-refractivity contribution in [2.24, 2.45) is 0 Å². The summed E-state index contributed by atoms with van der Waals surface area (Å²) < 4.78 is 21.5. The highest BCUT2D eigenvalue weighted by Crippen LogP contribution is 2.27. The number of ether oxygens (including phenoxy) is 4. The van der Waals surface area contributed by atoms with Gasteiger partial charge in [0.15, 0.2) is 6.29 Å². The topological polar surface area (TPSA) is 36.9 Å². The minimum atomic E-state index is -0.383. The second-order valence-electron chi connectivity index (χ2n) is 3.41. The third-order valence-corrected chi connectivity index (χ3v) is 2.93. The van der Waals surface area contributed by atoms with E-state index in [9.17, 15) is 0 Å². The van der Waals surface area contributed by atoms with Gasteiger partial charge in [-0.05, 0) is 17.7 Å². The molecule has 1 aromatic rings. The monoisotopic (exact) mass is 304 g/mol. The predicted molar refractivity (Wildman–Crippen MR) is 67.6 cm³/mol. The summed E-state index contributed by atoms with van der Waals surface area (Å²) in [6.07, 6.45) is -0.383. The average molecular weight is 305 g/mol. The van der Waals surface area contributed by atoms with E-state index >= 15 is 0 Å². The van der Waals surface area contributed by atoms with Crippen molar-refractivity contribution in [1.82, 2.24) is 0 Å². The van der Waals surface area contributed by atoms with E-state index in [2.05, 4.69) is 15.9 Å². The molecule has 0 aliphatic carbocycles. The molecule has 0 radical (unpaired) electrons. The van der Waals surface area contributed by atoms with Crippen molar-refractivity contribution in [3.05, 3.63) is 33.8 Å². The molecule has 0 aromatic heterocycles. The van der Waals surface area contributed by atoms with Gasteiger partial charge in [0.05, 0.1) is 6.61 Å². The average Bonchev–Trinajstić information content (AvgIpc) is 2.34. The lowest BCUT2D eigenvalue weighted by Crippen LogP contribution is -2.06. The smallest absolute Gasteiger partial charge is 0.184 e. The summed E-state index contributed by atoms with van der Waals surface area (Å²) in [4.78, 5) is 0. The first kappa shape index (κ1) is 14.6. The minimum Gasteiger partial charge on any atom is -0.359 e. The standard InChI is InChI=1S/C12H17BrO4/c1-14-8-17-7-9-4-5-11(13)10(6-9)12(15-2)16-3/h4-6,12H,7-8H2,1-3H3. The maximum Gasteiger partial charge on any atom is 0.184 e. The Morgan fingerprint density at radius 1 is 1.18 bits per heavy atom. The Labute approximate surface area is 110 Å². The van der Waals surface area contributed by atoms with E-state index in [0.29, 0.717) is 6.61 Å². The Hall–Kier alpha value is -0.460. The zero-order valence-corrected chi connectivity index (χ0v) is 11.8. The summed E-state index contributed by atoms with van der Waals surface area (Å²) in [5.41, 5.74) is 1.98. The van der Waals surface area contributed by atoms with Crippen LogP contribution < -0.4 is 0 Å². The molecule has 0 fully saturated rings. The number of halogens is 1. The molecule has 0 saturated heterocycles. The van der Waals surface area contributed by atoms with E-state index < -0.39 is 0 Å². The summed E-state index contributed by atoms with van der Waals surface area (Å²) in [5, 5.41) is 0. The molecule has 0 heterocycles. The van der Waals surface area contributed by atoms with Gasteiger partial charge in [-0.3, -0.25) is 0 Å². The van der Waals surface area contributed by atoms with Gasteiger partial charge in [-0.1, -0.05) is 22.0 Å². The van der Waals surface area contributed by atoms with Crippen molar-refractivity contribution in [1.29, 1.82) is 0 Å². The lowest BCUT2D eigenvalue weighted by Gasteiger charge is -2.16. The second kappa shape index (κ2) is 7.79. The Kier molecular flexibility index (Phi) is 6.69. The Bertz CT molecular complexity index is 339. The molecular weight excluding hydrogens is 288 g/mol. The van der Waals surface area contributed by atoms with Crippen molar-refractivity contribution in [2.75, 3.05) is 28.1 Å². The molecule has 0 saturated carbocycles. The fourth-order valence-corrected chi connectivity index (χ4v) is 1.89. The fraction of sp³-hybridized carbons (Fsp3) is 0.500. The second-order valence-corrected chi connectivity index (χ2v) is 4.27. The molecule has 0 amide bonds. The van der Waals surface area contributed by atoms with Crippen LogP contribution in [0.2, 0.25) is 0 Å². The third kappa shape index (κ3) is 4.37. The van der Waals surface area contributed by atoms with Crippen LogP contribution >= 0.6 is 15.9 Å². The SMILES string of the molecule is COCOCc1ccc(Br)c(C(OC)OC)c1.